The van der Waals surface area contributed by atoms with Gasteiger partial charge < -0.3 is 5.32 Å². The third-order valence-corrected chi connectivity index (χ3v) is 2.34. The van der Waals surface area contributed by atoms with Crippen LogP contribution in [0, 0.1) is 0 Å². The summed E-state index contributed by atoms with van der Waals surface area (Å²) in [5.41, 5.74) is 1.21. The highest BCUT2D eigenvalue weighted by molar-refractivity contribution is 6.18. The van der Waals surface area contributed by atoms with Crippen molar-refractivity contribution in [1.82, 2.24) is 5.32 Å². The van der Waals surface area contributed by atoms with Gasteiger partial charge in [0, 0.05) is 24.3 Å². The highest BCUT2D eigenvalue weighted by Gasteiger charge is 2.07. The summed E-state index contributed by atoms with van der Waals surface area (Å²) in [4.78, 5) is 0. The molecular weight excluding hydrogens is 205 g/mol. The summed E-state index contributed by atoms with van der Waals surface area (Å²) in [6.07, 6.45) is 0. The molecule has 0 aliphatic heterocycles. The first-order valence-electron chi connectivity index (χ1n) is 4.28. The van der Waals surface area contributed by atoms with Gasteiger partial charge in [-0.3, -0.25) is 0 Å². The van der Waals surface area contributed by atoms with Gasteiger partial charge in [0.25, 0.3) is 0 Å². The van der Waals surface area contributed by atoms with Crippen LogP contribution in [0.15, 0.2) is 30.3 Å². The maximum Gasteiger partial charge on any atom is 0.0457 e. The van der Waals surface area contributed by atoms with Crippen molar-refractivity contribution in [3.8, 4) is 0 Å². The second kappa shape index (κ2) is 6.25. The smallest absolute Gasteiger partial charge is 0.0457 e. The summed E-state index contributed by atoms with van der Waals surface area (Å²) < 4.78 is 0. The van der Waals surface area contributed by atoms with Crippen molar-refractivity contribution in [2.45, 2.75) is 6.04 Å². The summed E-state index contributed by atoms with van der Waals surface area (Å²) in [5.74, 6) is 1.18. The topological polar surface area (TPSA) is 12.0 Å². The SMILES string of the molecule is ClCCNC(CCl)c1ccccc1. The molecule has 0 aliphatic carbocycles. The zero-order valence-corrected chi connectivity index (χ0v) is 8.85. The van der Waals surface area contributed by atoms with E-state index in [1.165, 1.54) is 5.56 Å². The fraction of sp³-hybridized carbons (Fsp3) is 0.400. The molecule has 0 saturated heterocycles. The summed E-state index contributed by atoms with van der Waals surface area (Å²) in [7, 11) is 0. The maximum atomic E-state index is 5.83. The summed E-state index contributed by atoms with van der Waals surface area (Å²) >= 11 is 11.4. The highest BCUT2D eigenvalue weighted by Crippen LogP contribution is 2.13. The molecule has 1 aromatic carbocycles. The normalized spacial score (nSPS) is 12.8. The Morgan fingerprint density at radius 2 is 1.85 bits per heavy atom. The third-order valence-electron chi connectivity index (χ3n) is 1.84. The van der Waals surface area contributed by atoms with Crippen molar-refractivity contribution in [1.29, 1.82) is 0 Å². The Labute approximate surface area is 89.0 Å². The van der Waals surface area contributed by atoms with Crippen molar-refractivity contribution in [3.05, 3.63) is 35.9 Å². The molecule has 13 heavy (non-hydrogen) atoms. The average molecular weight is 218 g/mol. The van der Waals surface area contributed by atoms with Gasteiger partial charge >= 0.3 is 0 Å². The molecule has 1 nitrogen and oxygen atoms in total. The Kier molecular flexibility index (Phi) is 5.21. The van der Waals surface area contributed by atoms with Crippen LogP contribution < -0.4 is 5.32 Å². The van der Waals surface area contributed by atoms with Crippen LogP contribution in [0.2, 0.25) is 0 Å². The molecular formula is C10H13Cl2N. The standard InChI is InChI=1S/C10H13Cl2N/c11-6-7-13-10(8-12)9-4-2-1-3-5-9/h1-5,10,13H,6-8H2. The molecule has 1 rings (SSSR count). The molecule has 72 valence electrons. The lowest BCUT2D eigenvalue weighted by Crippen LogP contribution is -2.24. The van der Waals surface area contributed by atoms with E-state index >= 15 is 0 Å². The van der Waals surface area contributed by atoms with Gasteiger partial charge in [-0.2, -0.15) is 0 Å². The summed E-state index contributed by atoms with van der Waals surface area (Å²) in [6, 6.07) is 10.4. The number of benzene rings is 1. The predicted octanol–water partition coefficient (Wildman–Crippen LogP) is 2.79. The van der Waals surface area contributed by atoms with Gasteiger partial charge in [0.05, 0.1) is 0 Å². The molecule has 0 heterocycles. The van der Waals surface area contributed by atoms with Gasteiger partial charge in [-0.15, -0.1) is 23.2 Å². The van der Waals surface area contributed by atoms with Crippen LogP contribution >= 0.6 is 23.2 Å². The van der Waals surface area contributed by atoms with E-state index in [0.717, 1.165) is 6.54 Å². The zero-order chi connectivity index (χ0) is 9.52. The molecule has 0 aliphatic rings. The van der Waals surface area contributed by atoms with Gasteiger partial charge in [-0.1, -0.05) is 30.3 Å². The Balaban J connectivity index is 2.56. The minimum absolute atomic E-state index is 0.210. The molecule has 0 fully saturated rings. The second-order valence-corrected chi connectivity index (χ2v) is 3.45. The van der Waals surface area contributed by atoms with E-state index in [1.807, 2.05) is 18.2 Å². The van der Waals surface area contributed by atoms with E-state index in [-0.39, 0.29) is 6.04 Å². The van der Waals surface area contributed by atoms with Crippen LogP contribution in [-0.2, 0) is 0 Å². The molecule has 3 heteroatoms. The Bertz CT molecular complexity index is 226. The van der Waals surface area contributed by atoms with Gasteiger partial charge in [0.15, 0.2) is 0 Å². The fourth-order valence-electron chi connectivity index (χ4n) is 1.18. The van der Waals surface area contributed by atoms with Gasteiger partial charge in [-0.25, -0.2) is 0 Å². The lowest BCUT2D eigenvalue weighted by atomic mass is 10.1. The van der Waals surface area contributed by atoms with E-state index in [0.29, 0.717) is 11.8 Å². The molecule has 0 aromatic heterocycles. The van der Waals surface area contributed by atoms with Crippen molar-refractivity contribution in [2.75, 3.05) is 18.3 Å². The Morgan fingerprint density at radius 1 is 1.15 bits per heavy atom. The predicted molar refractivity (Wildman–Crippen MR) is 58.6 cm³/mol. The number of hydrogen-bond donors (Lipinski definition) is 1. The van der Waals surface area contributed by atoms with E-state index < -0.39 is 0 Å². The largest absolute Gasteiger partial charge is 0.308 e. The quantitative estimate of drug-likeness (QED) is 0.749. The van der Waals surface area contributed by atoms with Crippen LogP contribution in [-0.4, -0.2) is 18.3 Å². The first-order valence-corrected chi connectivity index (χ1v) is 5.35. The van der Waals surface area contributed by atoms with E-state index in [4.69, 9.17) is 23.2 Å². The number of alkyl halides is 2. The van der Waals surface area contributed by atoms with Crippen LogP contribution in [0.3, 0.4) is 0 Å². The van der Waals surface area contributed by atoms with E-state index in [9.17, 15) is 0 Å². The maximum absolute atomic E-state index is 5.83. The summed E-state index contributed by atoms with van der Waals surface area (Å²) in [6.45, 7) is 0.786. The minimum atomic E-state index is 0.210. The number of hydrogen-bond acceptors (Lipinski definition) is 1. The highest BCUT2D eigenvalue weighted by atomic mass is 35.5. The first kappa shape index (κ1) is 10.8. The fourth-order valence-corrected chi connectivity index (χ4v) is 1.57. The number of rotatable bonds is 5. The second-order valence-electron chi connectivity index (χ2n) is 2.76. The van der Waals surface area contributed by atoms with Gasteiger partial charge in [-0.05, 0) is 5.56 Å². The van der Waals surface area contributed by atoms with E-state index in [1.54, 1.807) is 0 Å². The number of halogens is 2. The van der Waals surface area contributed by atoms with Crippen LogP contribution in [0.1, 0.15) is 11.6 Å². The van der Waals surface area contributed by atoms with Gasteiger partial charge in [0.2, 0.25) is 0 Å². The van der Waals surface area contributed by atoms with Crippen molar-refractivity contribution >= 4 is 23.2 Å². The van der Waals surface area contributed by atoms with Crippen molar-refractivity contribution in [3.63, 3.8) is 0 Å². The van der Waals surface area contributed by atoms with Crippen LogP contribution in [0.25, 0.3) is 0 Å². The van der Waals surface area contributed by atoms with Crippen LogP contribution in [0.4, 0.5) is 0 Å². The lowest BCUT2D eigenvalue weighted by molar-refractivity contribution is 0.605. The zero-order valence-electron chi connectivity index (χ0n) is 7.34. The Hall–Kier alpha value is -0.240. The molecule has 0 radical (unpaired) electrons. The molecule has 0 bridgehead atoms. The molecule has 0 saturated carbocycles. The monoisotopic (exact) mass is 217 g/mol. The molecule has 1 atom stereocenters. The van der Waals surface area contributed by atoms with E-state index in [2.05, 4.69) is 17.4 Å². The first-order chi connectivity index (χ1) is 6.38. The minimum Gasteiger partial charge on any atom is -0.308 e. The molecule has 1 unspecified atom stereocenters. The molecule has 1 aromatic rings. The van der Waals surface area contributed by atoms with Crippen LogP contribution in [0.5, 0.6) is 0 Å². The molecule has 0 spiro atoms. The summed E-state index contributed by atoms with van der Waals surface area (Å²) in [5, 5.41) is 3.27. The van der Waals surface area contributed by atoms with Crippen molar-refractivity contribution < 1.29 is 0 Å². The molecule has 0 amide bonds. The molecule has 1 N–H and O–H groups in total. The number of nitrogens with one attached hydrogen (secondary N) is 1. The lowest BCUT2D eigenvalue weighted by Gasteiger charge is -2.15. The van der Waals surface area contributed by atoms with Crippen molar-refractivity contribution in [2.24, 2.45) is 0 Å². The van der Waals surface area contributed by atoms with Gasteiger partial charge in [0.1, 0.15) is 0 Å². The average Bonchev–Trinajstić information content (AvgIpc) is 2.21. The Morgan fingerprint density at radius 3 is 2.38 bits per heavy atom. The third kappa shape index (κ3) is 3.55.